The Kier molecular flexibility index (Phi) is 2.72. The van der Waals surface area contributed by atoms with E-state index < -0.39 is 4.92 Å². The van der Waals surface area contributed by atoms with Gasteiger partial charge >= 0.3 is 0 Å². The summed E-state index contributed by atoms with van der Waals surface area (Å²) in [5.41, 5.74) is 0.541. The lowest BCUT2D eigenvalue weighted by molar-refractivity contribution is -0.384. The molecule has 6 nitrogen and oxygen atoms in total. The molecule has 0 spiro atoms. The molecular formula is C10H11N3O3. The Labute approximate surface area is 92.0 Å². The molecule has 0 aliphatic carbocycles. The predicted octanol–water partition coefficient (Wildman–Crippen LogP) is 0.531. The van der Waals surface area contributed by atoms with Crippen LogP contribution < -0.4 is 10.2 Å². The van der Waals surface area contributed by atoms with Crippen LogP contribution in [0.4, 0.5) is 11.4 Å². The molecule has 0 saturated carbocycles. The third kappa shape index (κ3) is 1.95. The molecule has 0 aromatic heterocycles. The minimum absolute atomic E-state index is 0.0391. The molecule has 1 aromatic carbocycles. The fourth-order valence-corrected chi connectivity index (χ4v) is 1.73. The van der Waals surface area contributed by atoms with Crippen molar-refractivity contribution in [1.82, 2.24) is 5.32 Å². The Bertz CT molecular complexity index is 433. The Morgan fingerprint density at radius 2 is 2.12 bits per heavy atom. The lowest BCUT2D eigenvalue weighted by atomic mass is 10.2. The van der Waals surface area contributed by atoms with Crippen molar-refractivity contribution >= 4 is 17.3 Å². The maximum Gasteiger partial charge on any atom is 0.292 e. The standard InChI is InChI=1S/C10H11N3O3/c14-10-7-12(6-5-11-10)8-3-1-2-4-9(8)13(15)16/h1-4H,5-7H2,(H,11,14). The summed E-state index contributed by atoms with van der Waals surface area (Å²) >= 11 is 0. The second-order valence-electron chi connectivity index (χ2n) is 3.52. The number of rotatable bonds is 2. The number of benzene rings is 1. The summed E-state index contributed by atoms with van der Waals surface area (Å²) in [5, 5.41) is 13.5. The van der Waals surface area contributed by atoms with Crippen LogP contribution in [0.25, 0.3) is 0 Å². The molecule has 16 heavy (non-hydrogen) atoms. The van der Waals surface area contributed by atoms with Gasteiger partial charge in [0.1, 0.15) is 5.69 Å². The largest absolute Gasteiger partial charge is 0.355 e. The molecule has 1 N–H and O–H groups in total. The molecule has 1 aliphatic heterocycles. The van der Waals surface area contributed by atoms with Gasteiger partial charge in [-0.25, -0.2) is 0 Å². The number of anilines is 1. The van der Waals surface area contributed by atoms with E-state index in [9.17, 15) is 14.9 Å². The lowest BCUT2D eigenvalue weighted by Gasteiger charge is -2.28. The molecule has 84 valence electrons. The van der Waals surface area contributed by atoms with Gasteiger partial charge in [0.05, 0.1) is 11.5 Å². The van der Waals surface area contributed by atoms with Crippen molar-refractivity contribution < 1.29 is 9.72 Å². The number of nitro benzene ring substituents is 1. The normalized spacial score (nSPS) is 15.8. The third-order valence-electron chi connectivity index (χ3n) is 2.46. The zero-order valence-corrected chi connectivity index (χ0v) is 8.55. The summed E-state index contributed by atoms with van der Waals surface area (Å²) < 4.78 is 0. The molecular weight excluding hydrogens is 210 g/mol. The van der Waals surface area contributed by atoms with E-state index in [-0.39, 0.29) is 18.1 Å². The van der Waals surface area contributed by atoms with Crippen LogP contribution in [0.15, 0.2) is 24.3 Å². The van der Waals surface area contributed by atoms with Gasteiger partial charge in [0.15, 0.2) is 0 Å². The van der Waals surface area contributed by atoms with Crippen LogP contribution in [0.5, 0.6) is 0 Å². The smallest absolute Gasteiger partial charge is 0.292 e. The SMILES string of the molecule is O=C1CN(c2ccccc2[N+](=O)[O-])CCN1. The number of para-hydroxylation sites is 2. The van der Waals surface area contributed by atoms with Gasteiger partial charge in [-0.05, 0) is 6.07 Å². The monoisotopic (exact) mass is 221 g/mol. The Morgan fingerprint density at radius 3 is 2.81 bits per heavy atom. The van der Waals surface area contributed by atoms with E-state index in [1.54, 1.807) is 23.1 Å². The molecule has 0 unspecified atom stereocenters. The van der Waals surface area contributed by atoms with E-state index in [1.165, 1.54) is 6.07 Å². The van der Waals surface area contributed by atoms with Crippen molar-refractivity contribution in [2.75, 3.05) is 24.5 Å². The summed E-state index contributed by atoms with van der Waals surface area (Å²) in [6.07, 6.45) is 0. The Hall–Kier alpha value is -2.11. The second-order valence-corrected chi connectivity index (χ2v) is 3.52. The molecule has 1 aliphatic rings. The van der Waals surface area contributed by atoms with Crippen molar-refractivity contribution in [3.8, 4) is 0 Å². The fraction of sp³-hybridized carbons (Fsp3) is 0.300. The van der Waals surface area contributed by atoms with Crippen LogP contribution in [-0.2, 0) is 4.79 Å². The summed E-state index contributed by atoms with van der Waals surface area (Å²) in [4.78, 5) is 23.3. The second kappa shape index (κ2) is 4.18. The molecule has 1 aromatic rings. The number of nitrogens with zero attached hydrogens (tertiary/aromatic N) is 2. The first-order chi connectivity index (χ1) is 7.68. The number of nitrogens with one attached hydrogen (secondary N) is 1. The highest BCUT2D eigenvalue weighted by Gasteiger charge is 2.22. The number of hydrogen-bond donors (Lipinski definition) is 1. The summed E-state index contributed by atoms with van der Waals surface area (Å²) in [7, 11) is 0. The Balaban J connectivity index is 2.32. The van der Waals surface area contributed by atoms with Crippen LogP contribution in [0, 0.1) is 10.1 Å². The van der Waals surface area contributed by atoms with Crippen molar-refractivity contribution in [3.63, 3.8) is 0 Å². The minimum Gasteiger partial charge on any atom is -0.355 e. The highest BCUT2D eigenvalue weighted by atomic mass is 16.6. The highest BCUT2D eigenvalue weighted by Crippen LogP contribution is 2.27. The lowest BCUT2D eigenvalue weighted by Crippen LogP contribution is -2.47. The third-order valence-corrected chi connectivity index (χ3v) is 2.46. The molecule has 0 bridgehead atoms. The summed E-state index contributed by atoms with van der Waals surface area (Å²) in [6.45, 7) is 1.28. The summed E-state index contributed by atoms with van der Waals surface area (Å²) in [5.74, 6) is -0.107. The van der Waals surface area contributed by atoms with Crippen molar-refractivity contribution in [2.24, 2.45) is 0 Å². The van der Waals surface area contributed by atoms with E-state index in [0.717, 1.165) is 0 Å². The van der Waals surface area contributed by atoms with Crippen LogP contribution in [0.3, 0.4) is 0 Å². The van der Waals surface area contributed by atoms with Crippen molar-refractivity contribution in [3.05, 3.63) is 34.4 Å². The molecule has 1 amide bonds. The molecule has 1 fully saturated rings. The topological polar surface area (TPSA) is 75.5 Å². The number of piperazine rings is 1. The maximum absolute atomic E-state index is 11.2. The molecule has 0 atom stereocenters. The van der Waals surface area contributed by atoms with E-state index in [1.807, 2.05) is 0 Å². The van der Waals surface area contributed by atoms with Gasteiger partial charge in [-0.3, -0.25) is 14.9 Å². The molecule has 0 radical (unpaired) electrons. The molecule has 1 heterocycles. The number of carbonyl (C=O) groups excluding carboxylic acids is 1. The van der Waals surface area contributed by atoms with Crippen LogP contribution >= 0.6 is 0 Å². The zero-order chi connectivity index (χ0) is 11.5. The van der Waals surface area contributed by atoms with Gasteiger partial charge in [0.2, 0.25) is 5.91 Å². The first-order valence-electron chi connectivity index (χ1n) is 4.93. The summed E-state index contributed by atoms with van der Waals surface area (Å²) in [6, 6.07) is 6.46. The van der Waals surface area contributed by atoms with Crippen molar-refractivity contribution in [2.45, 2.75) is 0 Å². The number of amides is 1. The van der Waals surface area contributed by atoms with E-state index in [4.69, 9.17) is 0 Å². The van der Waals surface area contributed by atoms with E-state index in [2.05, 4.69) is 5.32 Å². The van der Waals surface area contributed by atoms with E-state index in [0.29, 0.717) is 18.8 Å². The quantitative estimate of drug-likeness (QED) is 0.584. The van der Waals surface area contributed by atoms with E-state index >= 15 is 0 Å². The van der Waals surface area contributed by atoms with Gasteiger partial charge < -0.3 is 10.2 Å². The van der Waals surface area contributed by atoms with Crippen LogP contribution in [0.2, 0.25) is 0 Å². The van der Waals surface area contributed by atoms with Crippen molar-refractivity contribution in [1.29, 1.82) is 0 Å². The highest BCUT2D eigenvalue weighted by molar-refractivity contribution is 5.83. The number of carbonyl (C=O) groups is 1. The van der Waals surface area contributed by atoms with Gasteiger partial charge in [0, 0.05) is 19.2 Å². The predicted molar refractivity (Wildman–Crippen MR) is 58.3 cm³/mol. The molecule has 2 rings (SSSR count). The fourth-order valence-electron chi connectivity index (χ4n) is 1.73. The van der Waals surface area contributed by atoms with Gasteiger partial charge in [-0.2, -0.15) is 0 Å². The Morgan fingerprint density at radius 1 is 1.38 bits per heavy atom. The first kappa shape index (κ1) is 10.4. The van der Waals surface area contributed by atoms with Crippen LogP contribution in [-0.4, -0.2) is 30.5 Å². The number of nitro groups is 1. The maximum atomic E-state index is 11.2. The molecule has 6 heteroatoms. The average Bonchev–Trinajstić information content (AvgIpc) is 2.29. The van der Waals surface area contributed by atoms with Gasteiger partial charge in [0.25, 0.3) is 5.69 Å². The van der Waals surface area contributed by atoms with Gasteiger partial charge in [-0.15, -0.1) is 0 Å². The van der Waals surface area contributed by atoms with Gasteiger partial charge in [-0.1, -0.05) is 12.1 Å². The first-order valence-corrected chi connectivity index (χ1v) is 4.93. The average molecular weight is 221 g/mol. The zero-order valence-electron chi connectivity index (χ0n) is 8.55. The molecule has 1 saturated heterocycles. The number of hydrogen-bond acceptors (Lipinski definition) is 4. The minimum atomic E-state index is -0.429. The van der Waals surface area contributed by atoms with Crippen LogP contribution in [0.1, 0.15) is 0 Å².